The van der Waals surface area contributed by atoms with Crippen molar-refractivity contribution in [3.8, 4) is 0 Å². The fourth-order valence-electron chi connectivity index (χ4n) is 2.10. The van der Waals surface area contributed by atoms with Crippen molar-refractivity contribution in [3.63, 3.8) is 0 Å². The number of nitrogens with two attached hydrogens (primary N) is 1. The molecule has 1 aromatic rings. The van der Waals surface area contributed by atoms with Crippen LogP contribution in [0.3, 0.4) is 0 Å². The number of nitrogens with one attached hydrogen (secondary N) is 1. The maximum atomic E-state index is 6.17. The molecule has 0 aromatic heterocycles. The van der Waals surface area contributed by atoms with Crippen molar-refractivity contribution in [2.75, 3.05) is 25.1 Å². The molecule has 0 saturated carbocycles. The molecular weight excluding hydrogens is 176 g/mol. The number of rotatable bonds is 1. The van der Waals surface area contributed by atoms with Crippen molar-refractivity contribution in [1.82, 2.24) is 0 Å². The Balaban J connectivity index is 2.00. The number of ether oxygens (including phenoxy) is 1. The number of benzene rings is 1. The molecule has 0 spiro atoms. The van der Waals surface area contributed by atoms with Crippen molar-refractivity contribution in [3.05, 3.63) is 29.3 Å². The molecule has 1 aromatic carbocycles. The topological polar surface area (TPSA) is 47.3 Å². The van der Waals surface area contributed by atoms with Crippen LogP contribution in [0.4, 0.5) is 5.69 Å². The second kappa shape index (κ2) is 2.72. The molecule has 0 unspecified atom stereocenters. The number of anilines is 1. The van der Waals surface area contributed by atoms with Crippen LogP contribution in [0, 0.1) is 0 Å². The van der Waals surface area contributed by atoms with Crippen LogP contribution in [-0.2, 0) is 16.7 Å². The Kier molecular flexibility index (Phi) is 1.60. The van der Waals surface area contributed by atoms with Crippen molar-refractivity contribution < 1.29 is 4.74 Å². The Morgan fingerprint density at radius 1 is 1.36 bits per heavy atom. The van der Waals surface area contributed by atoms with Crippen LogP contribution < -0.4 is 11.1 Å². The Hall–Kier alpha value is -1.06. The molecule has 2 heterocycles. The molecular formula is C11H14N2O. The molecule has 2 aliphatic rings. The number of hydrogen-bond acceptors (Lipinski definition) is 3. The van der Waals surface area contributed by atoms with Crippen LogP contribution in [0.2, 0.25) is 0 Å². The van der Waals surface area contributed by atoms with Crippen LogP contribution in [0.1, 0.15) is 11.1 Å². The second-order valence-corrected chi connectivity index (χ2v) is 4.20. The highest BCUT2D eigenvalue weighted by molar-refractivity contribution is 5.57. The zero-order chi connectivity index (χ0) is 9.60. The monoisotopic (exact) mass is 190 g/mol. The van der Waals surface area contributed by atoms with Crippen LogP contribution in [0.5, 0.6) is 0 Å². The van der Waals surface area contributed by atoms with E-state index in [-0.39, 0.29) is 5.54 Å². The van der Waals surface area contributed by atoms with Gasteiger partial charge in [0.05, 0.1) is 18.8 Å². The summed E-state index contributed by atoms with van der Waals surface area (Å²) >= 11 is 0. The summed E-state index contributed by atoms with van der Waals surface area (Å²) in [7, 11) is 0. The summed E-state index contributed by atoms with van der Waals surface area (Å²) in [6.45, 7) is 2.35. The minimum atomic E-state index is -0.225. The van der Waals surface area contributed by atoms with Crippen molar-refractivity contribution in [1.29, 1.82) is 0 Å². The normalized spacial score (nSPS) is 22.4. The van der Waals surface area contributed by atoms with Gasteiger partial charge in [-0.1, -0.05) is 12.1 Å². The highest BCUT2D eigenvalue weighted by atomic mass is 16.5. The van der Waals surface area contributed by atoms with E-state index in [2.05, 4.69) is 23.5 Å². The molecule has 0 aliphatic carbocycles. The summed E-state index contributed by atoms with van der Waals surface area (Å²) in [5.41, 5.74) is 9.81. The third-order valence-corrected chi connectivity index (χ3v) is 3.11. The van der Waals surface area contributed by atoms with E-state index in [4.69, 9.17) is 10.5 Å². The Morgan fingerprint density at radius 2 is 2.21 bits per heavy atom. The highest BCUT2D eigenvalue weighted by Gasteiger charge is 2.36. The van der Waals surface area contributed by atoms with Crippen molar-refractivity contribution in [2.45, 2.75) is 12.0 Å². The lowest BCUT2D eigenvalue weighted by molar-refractivity contribution is -0.0569. The van der Waals surface area contributed by atoms with Gasteiger partial charge in [-0.15, -0.1) is 0 Å². The molecule has 0 bridgehead atoms. The van der Waals surface area contributed by atoms with Crippen molar-refractivity contribution >= 4 is 5.69 Å². The fraction of sp³-hybridized carbons (Fsp3) is 0.455. The molecule has 74 valence electrons. The molecule has 3 nitrogen and oxygen atoms in total. The number of fused-ring (bicyclic) bond motifs is 1. The third-order valence-electron chi connectivity index (χ3n) is 3.11. The van der Waals surface area contributed by atoms with E-state index in [1.54, 1.807) is 0 Å². The lowest BCUT2D eigenvalue weighted by Gasteiger charge is -2.38. The molecule has 3 rings (SSSR count). The molecule has 1 fully saturated rings. The predicted octanol–water partition coefficient (Wildman–Crippen LogP) is 0.839. The van der Waals surface area contributed by atoms with Gasteiger partial charge >= 0.3 is 0 Å². The highest BCUT2D eigenvalue weighted by Crippen LogP contribution is 2.31. The fourth-order valence-corrected chi connectivity index (χ4v) is 2.10. The van der Waals surface area contributed by atoms with Gasteiger partial charge in [0, 0.05) is 12.2 Å². The summed E-state index contributed by atoms with van der Waals surface area (Å²) in [6.07, 6.45) is 1.11. The van der Waals surface area contributed by atoms with Gasteiger partial charge in [0.1, 0.15) is 0 Å². The Labute approximate surface area is 83.2 Å². The smallest absolute Gasteiger partial charge is 0.0883 e. The minimum absolute atomic E-state index is 0.225. The standard InChI is InChI=1S/C11H14N2O/c12-11(6-14-7-11)9-1-2-10-8(5-9)3-4-13-10/h1-2,5,13H,3-4,6-7,12H2. The van der Waals surface area contributed by atoms with E-state index in [0.717, 1.165) is 13.0 Å². The van der Waals surface area contributed by atoms with Gasteiger partial charge in [-0.3, -0.25) is 0 Å². The molecule has 0 radical (unpaired) electrons. The minimum Gasteiger partial charge on any atom is -0.384 e. The Bertz CT molecular complexity index is 372. The first-order chi connectivity index (χ1) is 6.78. The van der Waals surface area contributed by atoms with Gasteiger partial charge < -0.3 is 15.8 Å². The largest absolute Gasteiger partial charge is 0.384 e. The summed E-state index contributed by atoms with van der Waals surface area (Å²) in [6, 6.07) is 6.46. The molecule has 3 heteroatoms. The van der Waals surface area contributed by atoms with Gasteiger partial charge in [-0.25, -0.2) is 0 Å². The average Bonchev–Trinajstić information content (AvgIpc) is 2.60. The summed E-state index contributed by atoms with van der Waals surface area (Å²) in [5, 5.41) is 3.34. The van der Waals surface area contributed by atoms with Crippen LogP contribution in [0.25, 0.3) is 0 Å². The van der Waals surface area contributed by atoms with E-state index in [0.29, 0.717) is 13.2 Å². The van der Waals surface area contributed by atoms with Gasteiger partial charge in [-0.2, -0.15) is 0 Å². The molecule has 0 atom stereocenters. The lowest BCUT2D eigenvalue weighted by Crippen LogP contribution is -2.54. The van der Waals surface area contributed by atoms with Crippen LogP contribution in [-0.4, -0.2) is 19.8 Å². The SMILES string of the molecule is NC1(c2ccc3c(c2)CCN3)COC1. The first-order valence-corrected chi connectivity index (χ1v) is 5.02. The lowest BCUT2D eigenvalue weighted by atomic mass is 9.88. The van der Waals surface area contributed by atoms with Gasteiger partial charge in [0.15, 0.2) is 0 Å². The zero-order valence-electron chi connectivity index (χ0n) is 8.05. The molecule has 0 amide bonds. The van der Waals surface area contributed by atoms with E-state index in [1.165, 1.54) is 16.8 Å². The summed E-state index contributed by atoms with van der Waals surface area (Å²) in [4.78, 5) is 0. The average molecular weight is 190 g/mol. The van der Waals surface area contributed by atoms with E-state index in [1.807, 2.05) is 0 Å². The first-order valence-electron chi connectivity index (χ1n) is 5.02. The molecule has 14 heavy (non-hydrogen) atoms. The maximum absolute atomic E-state index is 6.17. The van der Waals surface area contributed by atoms with Gasteiger partial charge in [-0.05, 0) is 23.6 Å². The van der Waals surface area contributed by atoms with E-state index in [9.17, 15) is 0 Å². The second-order valence-electron chi connectivity index (χ2n) is 4.20. The summed E-state index contributed by atoms with van der Waals surface area (Å²) < 4.78 is 5.17. The molecule has 1 saturated heterocycles. The van der Waals surface area contributed by atoms with E-state index < -0.39 is 0 Å². The predicted molar refractivity (Wildman–Crippen MR) is 55.3 cm³/mol. The van der Waals surface area contributed by atoms with Crippen LogP contribution >= 0.6 is 0 Å². The van der Waals surface area contributed by atoms with E-state index >= 15 is 0 Å². The first kappa shape index (κ1) is 8.26. The molecule has 2 aliphatic heterocycles. The van der Waals surface area contributed by atoms with Gasteiger partial charge in [0.25, 0.3) is 0 Å². The number of hydrogen-bond donors (Lipinski definition) is 2. The Morgan fingerprint density at radius 3 is 2.93 bits per heavy atom. The zero-order valence-corrected chi connectivity index (χ0v) is 8.05. The molecule has 3 N–H and O–H groups in total. The van der Waals surface area contributed by atoms with Gasteiger partial charge in [0.2, 0.25) is 0 Å². The van der Waals surface area contributed by atoms with Crippen LogP contribution in [0.15, 0.2) is 18.2 Å². The maximum Gasteiger partial charge on any atom is 0.0883 e. The van der Waals surface area contributed by atoms with Crippen molar-refractivity contribution in [2.24, 2.45) is 5.73 Å². The quantitative estimate of drug-likeness (QED) is 0.690. The summed E-state index contributed by atoms with van der Waals surface area (Å²) in [5.74, 6) is 0. The third kappa shape index (κ3) is 1.06.